The summed E-state index contributed by atoms with van der Waals surface area (Å²) in [7, 11) is 0. The van der Waals surface area contributed by atoms with E-state index >= 15 is 0 Å². The number of hydrogen-bond donors (Lipinski definition) is 0. The Bertz CT molecular complexity index is 1460. The SMILES string of the molecule is CCCCCC(C)C.CCCOc1cc(CC)cc(C(F)(F)F)c1.[CH-]=C(C(C)=O)C1=[C-]CN(C(=O)c2cnc3ccccn23)CC1.[K+]. The molecule has 1 amide bonds. The number of alkyl halides is 3. The molecule has 0 atom stereocenters. The van der Waals surface area contributed by atoms with E-state index in [-0.39, 0.29) is 68.6 Å². The third-order valence-electron chi connectivity index (χ3n) is 7.30. The predicted octanol–water partition coefficient (Wildman–Crippen LogP) is 6.14. The monoisotopic (exact) mass is 678 g/mol. The molecule has 0 N–H and O–H groups in total. The first-order chi connectivity index (χ1) is 21.8. The number of nitrogens with zero attached hydrogens (tertiary/aromatic N) is 3. The molecule has 0 spiro atoms. The van der Waals surface area contributed by atoms with E-state index in [1.165, 1.54) is 38.7 Å². The normalized spacial score (nSPS) is 12.6. The number of fused-ring (bicyclic) bond motifs is 1. The number of aromatic nitrogens is 2. The summed E-state index contributed by atoms with van der Waals surface area (Å²) in [5.41, 5.74) is 2.19. The standard InChI is InChI=1S/C17H15N3O2.C12H15F3O.C8H18.K/c1-12(13(2)21)14-6-9-19(10-7-14)17(22)15-11-18-16-5-3-4-8-20(15)16;1-3-5-16-11-7-9(4-2)6-10(8-11)12(13,14)15;1-4-5-6-7-8(2)3;/h1,3-5,8,11H,6,9-10H2,2H3;6-8H,3-5H2,1-2H3;8H,4-7H2,1-3H3;/q-2;;;+1. The Morgan fingerprint density at radius 2 is 1.81 bits per heavy atom. The van der Waals surface area contributed by atoms with Crippen LogP contribution in [0.25, 0.3) is 5.65 Å². The second-order valence-corrected chi connectivity index (χ2v) is 11.6. The summed E-state index contributed by atoms with van der Waals surface area (Å²) in [6, 6.07) is 9.45. The van der Waals surface area contributed by atoms with Crippen molar-refractivity contribution >= 4 is 17.3 Å². The molecule has 0 aliphatic carbocycles. The van der Waals surface area contributed by atoms with Crippen LogP contribution in [-0.4, -0.2) is 45.7 Å². The van der Waals surface area contributed by atoms with Gasteiger partial charge in [-0.2, -0.15) is 13.2 Å². The van der Waals surface area contributed by atoms with Crippen molar-refractivity contribution in [2.24, 2.45) is 5.92 Å². The molecular formula is C37H48F3KN3O3-. The van der Waals surface area contributed by atoms with Crippen LogP contribution in [0, 0.1) is 18.6 Å². The minimum atomic E-state index is -4.31. The van der Waals surface area contributed by atoms with Gasteiger partial charge in [0.15, 0.2) is 0 Å². The molecule has 1 aliphatic heterocycles. The van der Waals surface area contributed by atoms with Gasteiger partial charge in [-0.3, -0.25) is 9.20 Å². The first kappa shape index (κ1) is 42.8. The number of aryl methyl sites for hydroxylation is 1. The van der Waals surface area contributed by atoms with E-state index in [2.05, 4.69) is 31.8 Å². The van der Waals surface area contributed by atoms with Gasteiger partial charge in [0, 0.05) is 12.7 Å². The van der Waals surface area contributed by atoms with Crippen LogP contribution in [0.1, 0.15) is 102 Å². The molecule has 0 bridgehead atoms. The fraction of sp³-hybridized carbons (Fsp3) is 0.486. The van der Waals surface area contributed by atoms with Crippen molar-refractivity contribution < 1.29 is 78.9 Å². The molecule has 47 heavy (non-hydrogen) atoms. The number of benzene rings is 1. The smallest absolute Gasteiger partial charge is 0.494 e. The zero-order valence-electron chi connectivity index (χ0n) is 29.0. The Kier molecular flexibility index (Phi) is 19.7. The number of amides is 1. The quantitative estimate of drug-likeness (QED) is 0.106. The molecule has 0 saturated heterocycles. The molecular weight excluding hydrogens is 631 g/mol. The van der Waals surface area contributed by atoms with Crippen molar-refractivity contribution in [3.63, 3.8) is 0 Å². The minimum Gasteiger partial charge on any atom is -0.494 e. The van der Waals surface area contributed by atoms with Crippen LogP contribution >= 0.6 is 0 Å². The van der Waals surface area contributed by atoms with Gasteiger partial charge in [-0.25, -0.2) is 4.98 Å². The maximum absolute atomic E-state index is 12.6. The molecule has 3 aromatic rings. The molecule has 6 nitrogen and oxygen atoms in total. The largest absolute Gasteiger partial charge is 1.00 e. The summed E-state index contributed by atoms with van der Waals surface area (Å²) in [5.74, 6) is 0.936. The number of unbranched alkanes of at least 4 members (excludes halogenated alkanes) is 2. The van der Waals surface area contributed by atoms with Gasteiger partial charge in [-0.05, 0) is 67.0 Å². The van der Waals surface area contributed by atoms with Crippen molar-refractivity contribution in [1.29, 1.82) is 0 Å². The number of allylic oxidation sites excluding steroid dienone is 1. The Balaban J connectivity index is 0.000000389. The van der Waals surface area contributed by atoms with Gasteiger partial charge in [0.05, 0.1) is 18.4 Å². The molecule has 1 aromatic carbocycles. The average molecular weight is 679 g/mol. The van der Waals surface area contributed by atoms with E-state index < -0.39 is 11.7 Å². The van der Waals surface area contributed by atoms with Gasteiger partial charge < -0.3 is 38.2 Å². The molecule has 10 heteroatoms. The van der Waals surface area contributed by atoms with Gasteiger partial charge in [-0.15, -0.1) is 0 Å². The maximum Gasteiger partial charge on any atom is 1.00 e. The number of Topliss-reactive ketones (excluding diaryl/α,β-unsaturated/α-hetero) is 1. The number of carbonyl (C=O) groups is 2. The zero-order valence-corrected chi connectivity index (χ0v) is 32.2. The number of rotatable bonds is 11. The van der Waals surface area contributed by atoms with Crippen molar-refractivity contribution in [1.82, 2.24) is 14.3 Å². The second-order valence-electron chi connectivity index (χ2n) is 11.6. The third kappa shape index (κ3) is 14.4. The molecule has 3 heterocycles. The number of carbonyl (C=O) groups excluding carboxylic acids is 2. The third-order valence-corrected chi connectivity index (χ3v) is 7.30. The van der Waals surface area contributed by atoms with Gasteiger partial charge in [0.1, 0.15) is 17.1 Å². The fourth-order valence-corrected chi connectivity index (χ4v) is 4.61. The number of hydrogen-bond acceptors (Lipinski definition) is 4. The van der Waals surface area contributed by atoms with E-state index in [4.69, 9.17) is 11.3 Å². The molecule has 0 saturated carbocycles. The van der Waals surface area contributed by atoms with Gasteiger partial charge in [-0.1, -0.05) is 79.7 Å². The van der Waals surface area contributed by atoms with Crippen molar-refractivity contribution in [2.75, 3.05) is 19.7 Å². The van der Waals surface area contributed by atoms with Crippen LogP contribution in [0.15, 0.2) is 59.9 Å². The molecule has 0 radical (unpaired) electrons. The summed E-state index contributed by atoms with van der Waals surface area (Å²) < 4.78 is 44.6. The summed E-state index contributed by atoms with van der Waals surface area (Å²) in [6.07, 6.45) is 9.61. The number of ketones is 1. The first-order valence-corrected chi connectivity index (χ1v) is 16.1. The van der Waals surface area contributed by atoms with E-state index in [1.54, 1.807) is 21.6 Å². The van der Waals surface area contributed by atoms with Crippen molar-refractivity contribution in [2.45, 2.75) is 92.7 Å². The maximum atomic E-state index is 12.6. The van der Waals surface area contributed by atoms with Crippen LogP contribution in [0.4, 0.5) is 13.2 Å². The van der Waals surface area contributed by atoms with E-state index in [1.807, 2.05) is 38.2 Å². The van der Waals surface area contributed by atoms with Crippen molar-refractivity contribution in [3.05, 3.63) is 89.4 Å². The van der Waals surface area contributed by atoms with Gasteiger partial charge in [0.2, 0.25) is 0 Å². The first-order valence-electron chi connectivity index (χ1n) is 16.1. The number of imidazole rings is 1. The summed E-state index contributed by atoms with van der Waals surface area (Å²) in [6.45, 7) is 19.0. The Labute approximate surface area is 321 Å². The average Bonchev–Trinajstić information content (AvgIpc) is 3.47. The summed E-state index contributed by atoms with van der Waals surface area (Å²) in [4.78, 5) is 29.8. The van der Waals surface area contributed by atoms with Crippen molar-refractivity contribution in [3.8, 4) is 5.75 Å². The Morgan fingerprint density at radius 1 is 1.09 bits per heavy atom. The van der Waals surface area contributed by atoms with Crippen LogP contribution in [0.5, 0.6) is 5.75 Å². The molecule has 0 unspecified atom stereocenters. The van der Waals surface area contributed by atoms with Crippen LogP contribution in [-0.2, 0) is 17.4 Å². The molecule has 0 fully saturated rings. The topological polar surface area (TPSA) is 63.9 Å². The van der Waals surface area contributed by atoms with Crippen LogP contribution in [0.2, 0.25) is 0 Å². The predicted molar refractivity (Wildman–Crippen MR) is 177 cm³/mol. The summed E-state index contributed by atoms with van der Waals surface area (Å²) in [5, 5.41) is 0. The zero-order chi connectivity index (χ0) is 34.3. The summed E-state index contributed by atoms with van der Waals surface area (Å²) >= 11 is 0. The minimum absolute atomic E-state index is 0. The van der Waals surface area contributed by atoms with Crippen LogP contribution in [0.3, 0.4) is 0 Å². The molecule has 1 aliphatic rings. The van der Waals surface area contributed by atoms with Gasteiger partial charge in [0.25, 0.3) is 5.91 Å². The number of pyridine rings is 1. The van der Waals surface area contributed by atoms with E-state index in [0.717, 1.165) is 24.1 Å². The van der Waals surface area contributed by atoms with Gasteiger partial charge >= 0.3 is 57.6 Å². The second kappa shape index (κ2) is 21.7. The van der Waals surface area contributed by atoms with E-state index in [0.29, 0.717) is 55.1 Å². The Morgan fingerprint density at radius 3 is 2.36 bits per heavy atom. The molecule has 252 valence electrons. The fourth-order valence-electron chi connectivity index (χ4n) is 4.61. The number of ether oxygens (including phenoxy) is 1. The Hall–Kier alpha value is -2.24. The van der Waals surface area contributed by atoms with Crippen LogP contribution < -0.4 is 56.1 Å². The van der Waals surface area contributed by atoms with E-state index in [9.17, 15) is 22.8 Å². The number of halogens is 3. The molecule has 2 aromatic heterocycles. The molecule has 4 rings (SSSR count).